The van der Waals surface area contributed by atoms with Gasteiger partial charge in [0.2, 0.25) is 0 Å². The Morgan fingerprint density at radius 2 is 2.29 bits per heavy atom. The fourth-order valence-electron chi connectivity index (χ4n) is 0.604. The molecule has 0 N–H and O–H groups in total. The molecule has 1 aliphatic carbocycles. The number of hydrogen-bond acceptors (Lipinski definition) is 1. The molecule has 1 heteroatoms. The van der Waals surface area contributed by atoms with Gasteiger partial charge in [-0.3, -0.25) is 4.79 Å². The summed E-state index contributed by atoms with van der Waals surface area (Å²) in [6.07, 6.45) is 3.92. The van der Waals surface area contributed by atoms with E-state index < -0.39 is 0 Å². The molecular formula is C6H9O. The van der Waals surface area contributed by atoms with Gasteiger partial charge in [-0.2, -0.15) is 0 Å². The first kappa shape index (κ1) is 4.82. The van der Waals surface area contributed by atoms with Crippen molar-refractivity contribution < 1.29 is 4.79 Å². The van der Waals surface area contributed by atoms with Gasteiger partial charge in [0.05, 0.1) is 0 Å². The molecule has 0 heterocycles. The molecule has 0 spiro atoms. The summed E-state index contributed by atoms with van der Waals surface area (Å²) in [5.41, 5.74) is 0. The molecule has 1 nitrogen and oxygen atoms in total. The van der Waals surface area contributed by atoms with Gasteiger partial charge in [0.25, 0.3) is 0 Å². The van der Waals surface area contributed by atoms with E-state index in [4.69, 9.17) is 0 Å². The van der Waals surface area contributed by atoms with E-state index in [1.54, 1.807) is 13.3 Å². The largest absolute Gasteiger partial charge is 0.299 e. The Balaban J connectivity index is 2.24. The lowest BCUT2D eigenvalue weighted by Gasteiger charge is -1.83. The molecule has 0 amide bonds. The van der Waals surface area contributed by atoms with Crippen molar-refractivity contribution in [3.05, 3.63) is 6.42 Å². The third-order valence-electron chi connectivity index (χ3n) is 1.26. The maximum atomic E-state index is 10.5. The Bertz CT molecular complexity index is 82.2. The zero-order valence-corrected chi connectivity index (χ0v) is 4.48. The minimum Gasteiger partial charge on any atom is -0.299 e. The quantitative estimate of drug-likeness (QED) is 0.505. The average Bonchev–Trinajstić information content (AvgIpc) is 2.44. The van der Waals surface area contributed by atoms with Crippen LogP contribution in [0.3, 0.4) is 0 Å². The van der Waals surface area contributed by atoms with Crippen LogP contribution in [0.1, 0.15) is 19.8 Å². The van der Waals surface area contributed by atoms with Crippen LogP contribution in [0.25, 0.3) is 0 Å². The molecule has 1 saturated carbocycles. The first-order valence-corrected chi connectivity index (χ1v) is 2.68. The molecule has 0 atom stereocenters. The number of rotatable bonds is 2. The van der Waals surface area contributed by atoms with Gasteiger partial charge in [0, 0.05) is 12.3 Å². The summed E-state index contributed by atoms with van der Waals surface area (Å²) in [5.74, 6) is 0.755. The lowest BCUT2D eigenvalue weighted by molar-refractivity contribution is -0.116. The topological polar surface area (TPSA) is 17.1 Å². The highest BCUT2D eigenvalue weighted by Crippen LogP contribution is 2.30. The SMILES string of the molecule is C[CH]C(=O)C1CC1. The summed E-state index contributed by atoms with van der Waals surface area (Å²) in [5, 5.41) is 0. The fraction of sp³-hybridized carbons (Fsp3) is 0.667. The Kier molecular flexibility index (Phi) is 1.13. The second-order valence-corrected chi connectivity index (χ2v) is 1.97. The van der Waals surface area contributed by atoms with Crippen LogP contribution in [-0.4, -0.2) is 5.78 Å². The third kappa shape index (κ3) is 1.02. The highest BCUT2D eigenvalue weighted by Gasteiger charge is 2.27. The maximum absolute atomic E-state index is 10.5. The Morgan fingerprint density at radius 1 is 1.71 bits per heavy atom. The lowest BCUT2D eigenvalue weighted by Crippen LogP contribution is -1.96. The summed E-state index contributed by atoms with van der Waals surface area (Å²) < 4.78 is 0. The van der Waals surface area contributed by atoms with Crippen molar-refractivity contribution in [2.45, 2.75) is 19.8 Å². The van der Waals surface area contributed by atoms with Crippen LogP contribution >= 0.6 is 0 Å². The maximum Gasteiger partial charge on any atom is 0.139 e. The van der Waals surface area contributed by atoms with Gasteiger partial charge in [0.15, 0.2) is 0 Å². The van der Waals surface area contributed by atoms with E-state index in [9.17, 15) is 4.79 Å². The highest BCUT2D eigenvalue weighted by molar-refractivity contribution is 5.90. The number of hydrogen-bond donors (Lipinski definition) is 0. The Morgan fingerprint density at radius 3 is 2.43 bits per heavy atom. The first-order chi connectivity index (χ1) is 3.34. The Labute approximate surface area is 43.7 Å². The van der Waals surface area contributed by atoms with Crippen molar-refractivity contribution in [1.82, 2.24) is 0 Å². The van der Waals surface area contributed by atoms with Gasteiger partial charge in [-0.25, -0.2) is 0 Å². The smallest absolute Gasteiger partial charge is 0.139 e. The first-order valence-electron chi connectivity index (χ1n) is 2.68. The number of Topliss-reactive ketones (excluding diaryl/α,β-unsaturated/α-hetero) is 1. The van der Waals surface area contributed by atoms with Crippen molar-refractivity contribution in [2.24, 2.45) is 5.92 Å². The van der Waals surface area contributed by atoms with Crippen molar-refractivity contribution in [1.29, 1.82) is 0 Å². The van der Waals surface area contributed by atoms with E-state index in [0.717, 1.165) is 12.8 Å². The molecule has 0 bridgehead atoms. The van der Waals surface area contributed by atoms with E-state index in [1.165, 1.54) is 0 Å². The van der Waals surface area contributed by atoms with E-state index >= 15 is 0 Å². The van der Waals surface area contributed by atoms with Crippen molar-refractivity contribution in [3.63, 3.8) is 0 Å². The second kappa shape index (κ2) is 1.65. The summed E-state index contributed by atoms with van der Waals surface area (Å²) in [6, 6.07) is 0. The fourth-order valence-corrected chi connectivity index (χ4v) is 0.604. The van der Waals surface area contributed by atoms with Crippen LogP contribution in [0.5, 0.6) is 0 Å². The summed E-state index contributed by atoms with van der Waals surface area (Å²) in [4.78, 5) is 10.5. The number of ketones is 1. The molecule has 0 aromatic carbocycles. The van der Waals surface area contributed by atoms with Crippen molar-refractivity contribution in [2.75, 3.05) is 0 Å². The van der Waals surface area contributed by atoms with E-state index in [0.29, 0.717) is 11.7 Å². The Hall–Kier alpha value is -0.330. The minimum atomic E-state index is 0.333. The molecule has 7 heavy (non-hydrogen) atoms. The highest BCUT2D eigenvalue weighted by atomic mass is 16.1. The molecule has 1 fully saturated rings. The second-order valence-electron chi connectivity index (χ2n) is 1.97. The minimum absolute atomic E-state index is 0.333. The van der Waals surface area contributed by atoms with Gasteiger partial charge < -0.3 is 0 Å². The zero-order valence-electron chi connectivity index (χ0n) is 4.48. The molecule has 1 aliphatic rings. The van der Waals surface area contributed by atoms with Gasteiger partial charge in [-0.15, -0.1) is 0 Å². The van der Waals surface area contributed by atoms with Crippen LogP contribution in [0.2, 0.25) is 0 Å². The molecule has 0 aromatic rings. The van der Waals surface area contributed by atoms with Gasteiger partial charge in [-0.1, -0.05) is 6.92 Å². The van der Waals surface area contributed by atoms with Crippen LogP contribution in [0.4, 0.5) is 0 Å². The molecule has 0 aliphatic heterocycles. The summed E-state index contributed by atoms with van der Waals surface area (Å²) in [6.45, 7) is 1.81. The molecule has 1 rings (SSSR count). The average molecular weight is 97.1 g/mol. The van der Waals surface area contributed by atoms with E-state index in [2.05, 4.69) is 0 Å². The van der Waals surface area contributed by atoms with E-state index in [1.807, 2.05) is 0 Å². The van der Waals surface area contributed by atoms with Crippen LogP contribution < -0.4 is 0 Å². The van der Waals surface area contributed by atoms with Crippen LogP contribution in [0.15, 0.2) is 0 Å². The summed E-state index contributed by atoms with van der Waals surface area (Å²) in [7, 11) is 0. The lowest BCUT2D eigenvalue weighted by atomic mass is 10.2. The molecule has 0 aromatic heterocycles. The molecule has 0 unspecified atom stereocenters. The summed E-state index contributed by atoms with van der Waals surface area (Å²) >= 11 is 0. The number of carbonyl (C=O) groups is 1. The van der Waals surface area contributed by atoms with Crippen LogP contribution in [0, 0.1) is 12.3 Å². The van der Waals surface area contributed by atoms with Gasteiger partial charge >= 0.3 is 0 Å². The number of carbonyl (C=O) groups excluding carboxylic acids is 1. The van der Waals surface area contributed by atoms with E-state index in [-0.39, 0.29) is 0 Å². The third-order valence-corrected chi connectivity index (χ3v) is 1.26. The van der Waals surface area contributed by atoms with Gasteiger partial charge in [-0.05, 0) is 12.8 Å². The van der Waals surface area contributed by atoms with Crippen molar-refractivity contribution in [3.8, 4) is 0 Å². The predicted octanol–water partition coefficient (Wildman–Crippen LogP) is 1.19. The van der Waals surface area contributed by atoms with Crippen LogP contribution in [-0.2, 0) is 4.79 Å². The van der Waals surface area contributed by atoms with Gasteiger partial charge in [0.1, 0.15) is 5.78 Å². The molecule has 39 valence electrons. The molecule has 0 saturated heterocycles. The monoisotopic (exact) mass is 97.1 g/mol. The predicted molar refractivity (Wildman–Crippen MR) is 27.7 cm³/mol. The normalized spacial score (nSPS) is 19.6. The standard InChI is InChI=1S/C6H9O/c1-2-6(7)5-3-4-5/h2,5H,3-4H2,1H3. The molecule has 1 radical (unpaired) electrons. The zero-order chi connectivity index (χ0) is 5.28. The van der Waals surface area contributed by atoms with Crippen molar-refractivity contribution >= 4 is 5.78 Å². The molecular weight excluding hydrogens is 88.1 g/mol.